The lowest BCUT2D eigenvalue weighted by molar-refractivity contribution is -0.135. The van der Waals surface area contributed by atoms with Gasteiger partial charge in [0.2, 0.25) is 11.8 Å². The van der Waals surface area contributed by atoms with Gasteiger partial charge in [0, 0.05) is 49.8 Å². The first kappa shape index (κ1) is 29.7. The Morgan fingerprint density at radius 3 is 2.67 bits per heavy atom. The summed E-state index contributed by atoms with van der Waals surface area (Å²) < 4.78 is 31.9. The molecule has 4 N–H and O–H groups in total. The molecule has 3 aromatic rings. The summed E-state index contributed by atoms with van der Waals surface area (Å²) in [6.07, 6.45) is 0.235. The normalized spacial score (nSPS) is 19.5. The van der Waals surface area contributed by atoms with Gasteiger partial charge in [0.15, 0.2) is 18.1 Å². The summed E-state index contributed by atoms with van der Waals surface area (Å²) in [6.45, 7) is 1.87. The average Bonchev–Trinajstić information content (AvgIpc) is 3.30. The molecular formula is C30H34FN5O7. The monoisotopic (exact) mass is 595 g/mol. The Balaban J connectivity index is 1.40. The number of H-pyrrole nitrogens is 2. The van der Waals surface area contributed by atoms with Gasteiger partial charge in [-0.05, 0) is 48.7 Å². The zero-order valence-electron chi connectivity index (χ0n) is 24.0. The topological polar surface area (TPSA) is 155 Å². The number of aryl methyl sites for hydroxylation is 2. The number of methoxy groups -OCH3 is 1. The number of hydrogen-bond donors (Lipinski definition) is 4. The van der Waals surface area contributed by atoms with E-state index in [0.717, 1.165) is 5.56 Å². The molecule has 0 aliphatic carbocycles. The Morgan fingerprint density at radius 1 is 1.07 bits per heavy atom. The van der Waals surface area contributed by atoms with Gasteiger partial charge in [-0.1, -0.05) is 6.07 Å². The molecule has 1 aromatic heterocycles. The Labute approximate surface area is 246 Å². The van der Waals surface area contributed by atoms with Crippen LogP contribution in [0.2, 0.25) is 0 Å². The first-order valence-corrected chi connectivity index (χ1v) is 14.0. The van der Waals surface area contributed by atoms with Crippen LogP contribution in [0.5, 0.6) is 17.2 Å². The van der Waals surface area contributed by atoms with Crippen LogP contribution in [-0.4, -0.2) is 71.8 Å². The highest BCUT2D eigenvalue weighted by atomic mass is 19.1. The molecule has 2 atom stereocenters. The third-order valence-corrected chi connectivity index (χ3v) is 7.60. The standard InChI is InChI=1S/C30H34FN5O7/c1-17-22(30(40)35-34-17)13-29(39)36-8-7-24-23(15-36)33-28(38)16-42-26-11-18(3-5-25(26)41-2)4-6-27(37)32-14-19-9-20(31)12-21(10-19)43-24/h3,5,9-12,23-24H,4,6-8,13-16H2,1-2H3,(H,32,37)(H,33,38)(H2,34,35,40)/t23-,24-/m1/s1. The van der Waals surface area contributed by atoms with Crippen molar-refractivity contribution >= 4 is 17.7 Å². The third kappa shape index (κ3) is 7.34. The van der Waals surface area contributed by atoms with Gasteiger partial charge in [0.1, 0.15) is 17.7 Å². The number of carbonyl (C=O) groups excluding carboxylic acids is 3. The summed E-state index contributed by atoms with van der Waals surface area (Å²) in [5.41, 5.74) is 1.90. The lowest BCUT2D eigenvalue weighted by atomic mass is 10.0. The highest BCUT2D eigenvalue weighted by Crippen LogP contribution is 2.29. The number of ether oxygens (including phenoxy) is 3. The predicted molar refractivity (Wildman–Crippen MR) is 152 cm³/mol. The van der Waals surface area contributed by atoms with Gasteiger partial charge in [0.25, 0.3) is 11.5 Å². The second kappa shape index (κ2) is 13.0. The average molecular weight is 596 g/mol. The van der Waals surface area contributed by atoms with E-state index in [0.29, 0.717) is 47.7 Å². The van der Waals surface area contributed by atoms with Crippen LogP contribution in [0.3, 0.4) is 0 Å². The largest absolute Gasteiger partial charge is 0.493 e. The maximum absolute atomic E-state index is 14.5. The highest BCUT2D eigenvalue weighted by molar-refractivity contribution is 5.80. The molecule has 1 saturated heterocycles. The number of nitrogens with zero attached hydrogens (tertiary/aromatic N) is 1. The maximum Gasteiger partial charge on any atom is 0.267 e. The van der Waals surface area contributed by atoms with Gasteiger partial charge in [-0.2, -0.15) is 0 Å². The number of carbonyl (C=O) groups is 3. The van der Waals surface area contributed by atoms with Crippen molar-refractivity contribution < 1.29 is 33.0 Å². The zero-order chi connectivity index (χ0) is 30.5. The molecule has 0 saturated carbocycles. The van der Waals surface area contributed by atoms with E-state index in [1.807, 2.05) is 6.07 Å². The van der Waals surface area contributed by atoms with Crippen LogP contribution in [0.15, 0.2) is 41.2 Å². The molecule has 3 heterocycles. The smallest absolute Gasteiger partial charge is 0.267 e. The first-order valence-electron chi connectivity index (χ1n) is 14.0. The molecule has 12 nitrogen and oxygen atoms in total. The Hall–Kier alpha value is -4.81. The Morgan fingerprint density at radius 2 is 1.91 bits per heavy atom. The summed E-state index contributed by atoms with van der Waals surface area (Å²) in [7, 11) is 1.49. The molecule has 2 aromatic carbocycles. The van der Waals surface area contributed by atoms with E-state index in [1.54, 1.807) is 30.0 Å². The summed E-state index contributed by atoms with van der Waals surface area (Å²) >= 11 is 0. The van der Waals surface area contributed by atoms with Crippen molar-refractivity contribution in [1.29, 1.82) is 0 Å². The van der Waals surface area contributed by atoms with Gasteiger partial charge < -0.3 is 34.8 Å². The van der Waals surface area contributed by atoms with Crippen LogP contribution in [0.1, 0.15) is 35.2 Å². The van der Waals surface area contributed by atoms with Crippen molar-refractivity contribution in [3.05, 3.63) is 75.0 Å². The molecule has 3 amide bonds. The van der Waals surface area contributed by atoms with E-state index in [1.165, 1.54) is 19.2 Å². The minimum absolute atomic E-state index is 0.102. The minimum atomic E-state index is -0.669. The first-order chi connectivity index (χ1) is 20.7. The van der Waals surface area contributed by atoms with E-state index in [2.05, 4.69) is 20.8 Å². The number of fused-ring (bicyclic) bond motifs is 5. The van der Waals surface area contributed by atoms with E-state index in [-0.39, 0.29) is 55.7 Å². The summed E-state index contributed by atoms with van der Waals surface area (Å²) in [6, 6.07) is 8.78. The molecule has 4 bridgehead atoms. The number of benzene rings is 2. The van der Waals surface area contributed by atoms with Gasteiger partial charge in [-0.3, -0.25) is 24.3 Å². The van der Waals surface area contributed by atoms with Crippen LogP contribution in [0.4, 0.5) is 4.39 Å². The number of aromatic amines is 2. The number of hydrogen-bond acceptors (Lipinski definition) is 7. The highest BCUT2D eigenvalue weighted by Gasteiger charge is 2.35. The summed E-state index contributed by atoms with van der Waals surface area (Å²) in [5.74, 6) is -0.459. The van der Waals surface area contributed by atoms with Crippen LogP contribution in [0, 0.1) is 12.7 Å². The number of rotatable bonds is 3. The second-order valence-electron chi connectivity index (χ2n) is 10.7. The van der Waals surface area contributed by atoms with E-state index < -0.39 is 23.9 Å². The van der Waals surface area contributed by atoms with Gasteiger partial charge in [-0.25, -0.2) is 4.39 Å². The molecule has 0 radical (unpaired) electrons. The molecule has 1 fully saturated rings. The van der Waals surface area contributed by atoms with Crippen molar-refractivity contribution in [3.63, 3.8) is 0 Å². The number of amides is 3. The number of likely N-dealkylation sites (tertiary alicyclic amines) is 1. The van der Waals surface area contributed by atoms with Crippen LogP contribution < -0.4 is 30.4 Å². The fraction of sp³-hybridized carbons (Fsp3) is 0.400. The molecule has 0 spiro atoms. The molecule has 0 unspecified atom stereocenters. The van der Waals surface area contributed by atoms with Gasteiger partial charge in [0.05, 0.1) is 19.6 Å². The van der Waals surface area contributed by atoms with Crippen molar-refractivity contribution in [2.75, 3.05) is 26.8 Å². The fourth-order valence-electron chi connectivity index (χ4n) is 5.28. The molecule has 43 heavy (non-hydrogen) atoms. The molecule has 228 valence electrons. The lowest BCUT2D eigenvalue weighted by Gasteiger charge is -2.39. The maximum atomic E-state index is 14.5. The quantitative estimate of drug-likeness (QED) is 0.358. The molecule has 13 heteroatoms. The van der Waals surface area contributed by atoms with Crippen molar-refractivity contribution in [1.82, 2.24) is 25.7 Å². The molecule has 5 rings (SSSR count). The number of piperidine rings is 1. The molecule has 2 aliphatic rings. The molecule has 2 aliphatic heterocycles. The van der Waals surface area contributed by atoms with E-state index in [9.17, 15) is 23.6 Å². The third-order valence-electron chi connectivity index (χ3n) is 7.60. The summed E-state index contributed by atoms with van der Waals surface area (Å²) in [5, 5.41) is 10.9. The molecular weight excluding hydrogens is 561 g/mol. The fourth-order valence-corrected chi connectivity index (χ4v) is 5.28. The number of halogens is 1. The zero-order valence-corrected chi connectivity index (χ0v) is 24.0. The van der Waals surface area contributed by atoms with Gasteiger partial charge >= 0.3 is 0 Å². The predicted octanol–water partition coefficient (Wildman–Crippen LogP) is 1.51. The van der Waals surface area contributed by atoms with Crippen LogP contribution >= 0.6 is 0 Å². The van der Waals surface area contributed by atoms with Crippen molar-refractivity contribution in [3.8, 4) is 17.2 Å². The number of aromatic nitrogens is 2. The SMILES string of the molecule is COc1ccc2cc1OCC(=O)N[C@@H]1CN(C(=O)Cc3c(C)[nH][nH]c3=O)CC[C@H]1Oc1cc(F)cc(c1)CNC(=O)CC2. The van der Waals surface area contributed by atoms with E-state index in [4.69, 9.17) is 14.2 Å². The number of nitrogens with one attached hydrogen (secondary N) is 4. The van der Waals surface area contributed by atoms with E-state index >= 15 is 0 Å². The van der Waals surface area contributed by atoms with Gasteiger partial charge in [-0.15, -0.1) is 0 Å². The minimum Gasteiger partial charge on any atom is -0.493 e. The second-order valence-corrected chi connectivity index (χ2v) is 10.7. The van der Waals surface area contributed by atoms with Crippen LogP contribution in [0.25, 0.3) is 0 Å². The Bertz CT molecular complexity index is 1570. The Kier molecular flexibility index (Phi) is 8.98. The summed E-state index contributed by atoms with van der Waals surface area (Å²) in [4.78, 5) is 52.5. The van der Waals surface area contributed by atoms with Crippen molar-refractivity contribution in [2.45, 2.75) is 51.3 Å². The van der Waals surface area contributed by atoms with Crippen LogP contribution in [-0.2, 0) is 33.8 Å². The van der Waals surface area contributed by atoms with Crippen molar-refractivity contribution in [2.24, 2.45) is 0 Å². The lowest BCUT2D eigenvalue weighted by Crippen LogP contribution is -2.59.